The molecule has 0 spiro atoms. The van der Waals surface area contributed by atoms with Crippen molar-refractivity contribution in [3.63, 3.8) is 0 Å². The number of allylic oxidation sites excluding steroid dienone is 2. The van der Waals surface area contributed by atoms with Gasteiger partial charge in [-0.2, -0.15) is 0 Å². The zero-order valence-electron chi connectivity index (χ0n) is 21.7. The van der Waals surface area contributed by atoms with Gasteiger partial charge in [-0.15, -0.1) is 0 Å². The third-order valence-corrected chi connectivity index (χ3v) is 6.44. The predicted octanol–water partition coefficient (Wildman–Crippen LogP) is 5.34. The maximum Gasteiger partial charge on any atom is 0.240 e. The number of carbonyl (C=O) groups is 1. The molecular formula is C31H40N4O. The Labute approximate surface area is 216 Å². The van der Waals surface area contributed by atoms with Gasteiger partial charge in [-0.25, -0.2) is 0 Å². The van der Waals surface area contributed by atoms with E-state index in [2.05, 4.69) is 64.8 Å². The Morgan fingerprint density at radius 3 is 2.47 bits per heavy atom. The summed E-state index contributed by atoms with van der Waals surface area (Å²) in [7, 11) is 0. The maximum atomic E-state index is 13.6. The lowest BCUT2D eigenvalue weighted by Crippen LogP contribution is -2.54. The summed E-state index contributed by atoms with van der Waals surface area (Å²) >= 11 is 0. The molecule has 5 nitrogen and oxygen atoms in total. The van der Waals surface area contributed by atoms with Crippen LogP contribution >= 0.6 is 0 Å². The molecule has 0 aliphatic carbocycles. The summed E-state index contributed by atoms with van der Waals surface area (Å²) in [6.07, 6.45) is 8.30. The standard InChI is InChI=1S/C29H34N4O.C2H6/c1-3-8-23(4-2)22-32-15-17-33(18-16-32)29(34)28(20-24-9-6-5-7-10-24)31-21-25-11-12-27-26(19-25)13-14-30-27;1-2/h3-14,19,28,30-31H,1-2,15-18,20-22H2;1-2H3/b23-8+;. The molecule has 5 heteroatoms. The van der Waals surface area contributed by atoms with Crippen LogP contribution in [0.3, 0.4) is 0 Å². The molecule has 2 N–H and O–H groups in total. The van der Waals surface area contributed by atoms with E-state index in [0.29, 0.717) is 13.0 Å². The fourth-order valence-electron chi connectivity index (χ4n) is 4.49. The number of aromatic nitrogens is 1. The normalized spacial score (nSPS) is 15.2. The SMILES string of the molecule is C=C/C=C(\C=C)CN1CCN(C(=O)C(Cc2ccccc2)NCc2ccc3[nH]ccc3c2)CC1.CC. The lowest BCUT2D eigenvalue weighted by molar-refractivity contribution is -0.135. The number of carbonyl (C=O) groups excluding carboxylic acids is 1. The number of piperazine rings is 1. The van der Waals surface area contributed by atoms with Crippen molar-refractivity contribution in [2.45, 2.75) is 32.9 Å². The Balaban J connectivity index is 0.00000176. The largest absolute Gasteiger partial charge is 0.361 e. The minimum atomic E-state index is -0.264. The average molecular weight is 485 g/mol. The third-order valence-electron chi connectivity index (χ3n) is 6.44. The molecule has 1 aliphatic rings. The lowest BCUT2D eigenvalue weighted by atomic mass is 10.0. The molecule has 0 bridgehead atoms. The number of benzene rings is 2. The zero-order valence-corrected chi connectivity index (χ0v) is 21.7. The molecule has 1 saturated heterocycles. The van der Waals surface area contributed by atoms with Crippen molar-refractivity contribution in [2.24, 2.45) is 0 Å². The highest BCUT2D eigenvalue weighted by Crippen LogP contribution is 2.16. The Morgan fingerprint density at radius 1 is 1.03 bits per heavy atom. The molecule has 1 atom stereocenters. The van der Waals surface area contributed by atoms with Gasteiger partial charge in [0.05, 0.1) is 6.04 Å². The molecule has 3 aromatic rings. The van der Waals surface area contributed by atoms with Crippen LogP contribution in [-0.4, -0.2) is 59.5 Å². The van der Waals surface area contributed by atoms with Gasteiger partial charge in [0.1, 0.15) is 0 Å². The monoisotopic (exact) mass is 484 g/mol. The van der Waals surface area contributed by atoms with Gasteiger partial charge >= 0.3 is 0 Å². The van der Waals surface area contributed by atoms with Crippen LogP contribution in [0, 0.1) is 0 Å². The van der Waals surface area contributed by atoms with Crippen molar-refractivity contribution in [3.8, 4) is 0 Å². The fraction of sp³-hybridized carbons (Fsp3) is 0.323. The van der Waals surface area contributed by atoms with Gasteiger partial charge in [-0.3, -0.25) is 9.69 Å². The first kappa shape index (κ1) is 27.2. The quantitative estimate of drug-likeness (QED) is 0.382. The summed E-state index contributed by atoms with van der Waals surface area (Å²) in [5.74, 6) is 0.178. The maximum absolute atomic E-state index is 13.6. The van der Waals surface area contributed by atoms with E-state index in [0.717, 1.165) is 43.8 Å². The first-order valence-electron chi connectivity index (χ1n) is 12.9. The van der Waals surface area contributed by atoms with Gasteiger partial charge in [0.15, 0.2) is 0 Å². The van der Waals surface area contributed by atoms with E-state index in [4.69, 9.17) is 0 Å². The van der Waals surface area contributed by atoms with Crippen LogP contribution < -0.4 is 5.32 Å². The molecule has 0 saturated carbocycles. The molecule has 1 aromatic heterocycles. The Bertz CT molecular complexity index is 1140. The summed E-state index contributed by atoms with van der Waals surface area (Å²) in [6.45, 7) is 16.3. The fourth-order valence-corrected chi connectivity index (χ4v) is 4.49. The number of nitrogens with one attached hydrogen (secondary N) is 2. The minimum absolute atomic E-state index is 0.178. The average Bonchev–Trinajstić information content (AvgIpc) is 3.40. The van der Waals surface area contributed by atoms with E-state index in [-0.39, 0.29) is 11.9 Å². The highest BCUT2D eigenvalue weighted by molar-refractivity contribution is 5.82. The summed E-state index contributed by atoms with van der Waals surface area (Å²) < 4.78 is 0. The molecule has 1 amide bonds. The van der Waals surface area contributed by atoms with Crippen molar-refractivity contribution in [1.82, 2.24) is 20.1 Å². The van der Waals surface area contributed by atoms with Crippen LogP contribution in [-0.2, 0) is 17.8 Å². The van der Waals surface area contributed by atoms with Crippen LogP contribution in [0.15, 0.2) is 97.8 Å². The number of nitrogens with zero attached hydrogens (tertiary/aromatic N) is 2. The van der Waals surface area contributed by atoms with Gasteiger partial charge < -0.3 is 15.2 Å². The number of H-pyrrole nitrogens is 1. The van der Waals surface area contributed by atoms with Gasteiger partial charge in [-0.05, 0) is 46.7 Å². The zero-order chi connectivity index (χ0) is 25.8. The molecule has 190 valence electrons. The Kier molecular flexibility index (Phi) is 10.7. The molecule has 1 fully saturated rings. The van der Waals surface area contributed by atoms with E-state index < -0.39 is 0 Å². The van der Waals surface area contributed by atoms with E-state index in [1.54, 1.807) is 6.08 Å². The van der Waals surface area contributed by atoms with Crippen LogP contribution in [0.4, 0.5) is 0 Å². The first-order valence-corrected chi connectivity index (χ1v) is 12.9. The van der Waals surface area contributed by atoms with Gasteiger partial charge in [0.25, 0.3) is 0 Å². The van der Waals surface area contributed by atoms with Crippen molar-refractivity contribution < 1.29 is 4.79 Å². The predicted molar refractivity (Wildman–Crippen MR) is 152 cm³/mol. The third kappa shape index (κ3) is 7.54. The number of hydrogen-bond acceptors (Lipinski definition) is 3. The topological polar surface area (TPSA) is 51.4 Å². The minimum Gasteiger partial charge on any atom is -0.361 e. The van der Waals surface area contributed by atoms with Crippen molar-refractivity contribution in [3.05, 3.63) is 109 Å². The molecule has 0 radical (unpaired) electrons. The smallest absolute Gasteiger partial charge is 0.240 e. The summed E-state index contributed by atoms with van der Waals surface area (Å²) in [6, 6.07) is 18.5. The van der Waals surface area contributed by atoms with Gasteiger partial charge in [-0.1, -0.05) is 81.6 Å². The first-order chi connectivity index (χ1) is 17.7. The highest BCUT2D eigenvalue weighted by Gasteiger charge is 2.27. The Morgan fingerprint density at radius 2 is 1.78 bits per heavy atom. The number of hydrogen-bond donors (Lipinski definition) is 2. The van der Waals surface area contributed by atoms with Gasteiger partial charge in [0.2, 0.25) is 5.91 Å². The van der Waals surface area contributed by atoms with E-state index >= 15 is 0 Å². The second kappa shape index (κ2) is 14.2. The molecule has 36 heavy (non-hydrogen) atoms. The second-order valence-corrected chi connectivity index (χ2v) is 8.81. The summed E-state index contributed by atoms with van der Waals surface area (Å²) in [4.78, 5) is 21.2. The van der Waals surface area contributed by atoms with Crippen molar-refractivity contribution >= 4 is 16.8 Å². The molecular weight excluding hydrogens is 444 g/mol. The van der Waals surface area contributed by atoms with E-state index in [1.807, 2.05) is 55.3 Å². The number of rotatable bonds is 10. The van der Waals surface area contributed by atoms with Crippen molar-refractivity contribution in [2.75, 3.05) is 32.7 Å². The second-order valence-electron chi connectivity index (χ2n) is 8.81. The molecule has 2 heterocycles. The molecule has 1 unspecified atom stereocenters. The van der Waals surface area contributed by atoms with Crippen LogP contribution in [0.5, 0.6) is 0 Å². The lowest BCUT2D eigenvalue weighted by Gasteiger charge is -2.37. The number of fused-ring (bicyclic) bond motifs is 1. The van der Waals surface area contributed by atoms with Crippen molar-refractivity contribution in [1.29, 1.82) is 0 Å². The molecule has 4 rings (SSSR count). The van der Waals surface area contributed by atoms with E-state index in [9.17, 15) is 4.79 Å². The summed E-state index contributed by atoms with van der Waals surface area (Å²) in [5, 5.41) is 4.75. The molecule has 2 aromatic carbocycles. The number of aromatic amines is 1. The van der Waals surface area contributed by atoms with Gasteiger partial charge in [0, 0.05) is 51.0 Å². The van der Waals surface area contributed by atoms with E-state index in [1.165, 1.54) is 16.5 Å². The molecule has 1 aliphatic heterocycles. The highest BCUT2D eigenvalue weighted by atomic mass is 16.2. The van der Waals surface area contributed by atoms with Crippen LogP contribution in [0.25, 0.3) is 10.9 Å². The van der Waals surface area contributed by atoms with Crippen LogP contribution in [0.1, 0.15) is 25.0 Å². The van der Waals surface area contributed by atoms with Crippen LogP contribution in [0.2, 0.25) is 0 Å². The summed E-state index contributed by atoms with van der Waals surface area (Å²) in [5.41, 5.74) is 4.62. The Hall–Kier alpha value is -3.41. The number of amides is 1.